The number of rotatable bonds is 16. The first-order chi connectivity index (χ1) is 13.8. The van der Waals surface area contributed by atoms with Gasteiger partial charge in [-0.05, 0) is 76.2 Å². The molecular formula is C23H36N4O. The van der Waals surface area contributed by atoms with Gasteiger partial charge in [0.05, 0.1) is 0 Å². The number of amides is 1. The maximum absolute atomic E-state index is 11.7. The molecule has 0 radical (unpaired) electrons. The van der Waals surface area contributed by atoms with Gasteiger partial charge in [-0.2, -0.15) is 0 Å². The number of carbonyl (C=O) groups is 1. The number of unbranched alkanes of at least 4 members (excludes halogenated alkanes) is 3. The third-order valence-corrected chi connectivity index (χ3v) is 4.67. The van der Waals surface area contributed by atoms with Crippen molar-refractivity contribution in [2.45, 2.75) is 83.1 Å². The van der Waals surface area contributed by atoms with Crippen molar-refractivity contribution in [3.63, 3.8) is 0 Å². The summed E-state index contributed by atoms with van der Waals surface area (Å²) in [5, 5.41) is 6.59. The summed E-state index contributed by atoms with van der Waals surface area (Å²) in [5.41, 5.74) is 8.16. The quantitative estimate of drug-likeness (QED) is 0.104. The Morgan fingerprint density at radius 2 is 1.46 bits per heavy atom. The van der Waals surface area contributed by atoms with Crippen LogP contribution in [0.15, 0.2) is 53.7 Å². The molecule has 1 rings (SSSR count). The second kappa shape index (κ2) is 18.1. The van der Waals surface area contributed by atoms with Gasteiger partial charge in [0.2, 0.25) is 5.91 Å². The molecule has 0 bridgehead atoms. The number of nitrogens with one attached hydrogen (secondary N) is 1. The van der Waals surface area contributed by atoms with Crippen LogP contribution in [0.2, 0.25) is 0 Å². The average molecular weight is 385 g/mol. The fourth-order valence-corrected chi connectivity index (χ4v) is 2.77. The van der Waals surface area contributed by atoms with E-state index in [-0.39, 0.29) is 5.91 Å². The average Bonchev–Trinajstić information content (AvgIpc) is 2.66. The van der Waals surface area contributed by atoms with E-state index in [9.17, 15) is 4.79 Å². The van der Waals surface area contributed by atoms with Crippen LogP contribution in [-0.2, 0) is 4.79 Å². The van der Waals surface area contributed by atoms with Gasteiger partial charge in [0.25, 0.3) is 0 Å². The fourth-order valence-electron chi connectivity index (χ4n) is 2.77. The monoisotopic (exact) mass is 384 g/mol. The summed E-state index contributed by atoms with van der Waals surface area (Å²) < 4.78 is 0. The van der Waals surface area contributed by atoms with Gasteiger partial charge in [-0.1, -0.05) is 53.7 Å². The maximum Gasteiger partial charge on any atom is 0.220 e. The van der Waals surface area contributed by atoms with Gasteiger partial charge in [0.15, 0.2) is 0 Å². The molecular weight excluding hydrogens is 348 g/mol. The third kappa shape index (κ3) is 14.9. The Balaban J connectivity index is 1.87. The molecule has 1 aliphatic rings. The Morgan fingerprint density at radius 1 is 0.893 bits per heavy atom. The topological polar surface area (TPSA) is 77.9 Å². The molecule has 5 heteroatoms. The minimum atomic E-state index is 0.213. The summed E-state index contributed by atoms with van der Waals surface area (Å²) in [6, 6.07) is 0.458. The SMILES string of the molecule is [N-]=[N+]=NCCCCC=CCC=CCC=CCC=CCCCC(=O)NC1CCC1. The van der Waals surface area contributed by atoms with E-state index in [4.69, 9.17) is 5.53 Å². The van der Waals surface area contributed by atoms with E-state index in [2.05, 4.69) is 64.0 Å². The molecule has 0 unspecified atom stereocenters. The lowest BCUT2D eigenvalue weighted by molar-refractivity contribution is -0.122. The fraction of sp³-hybridized carbons (Fsp3) is 0.609. The standard InChI is InChI=1S/C23H36N4O/c24-27-25-21-16-14-12-10-8-6-4-2-1-3-5-7-9-11-13-15-20-23(28)26-22-18-17-19-22/h2-5,8-11,22H,1,6-7,12-21H2,(H,26,28). The van der Waals surface area contributed by atoms with Crippen LogP contribution in [0.5, 0.6) is 0 Å². The lowest BCUT2D eigenvalue weighted by atomic mass is 9.93. The van der Waals surface area contributed by atoms with Gasteiger partial charge in [0.1, 0.15) is 0 Å². The number of nitrogens with zero attached hydrogens (tertiary/aromatic N) is 3. The zero-order valence-corrected chi connectivity index (χ0v) is 17.1. The first-order valence-corrected chi connectivity index (χ1v) is 10.7. The smallest absolute Gasteiger partial charge is 0.220 e. The van der Waals surface area contributed by atoms with Crippen molar-refractivity contribution in [1.29, 1.82) is 0 Å². The van der Waals surface area contributed by atoms with Crippen molar-refractivity contribution in [3.05, 3.63) is 59.1 Å². The third-order valence-electron chi connectivity index (χ3n) is 4.67. The van der Waals surface area contributed by atoms with Gasteiger partial charge in [-0.25, -0.2) is 0 Å². The van der Waals surface area contributed by atoms with Crippen LogP contribution in [0, 0.1) is 0 Å². The molecule has 0 aromatic carbocycles. The molecule has 1 aliphatic carbocycles. The largest absolute Gasteiger partial charge is 0.353 e. The number of hydrogen-bond donors (Lipinski definition) is 1. The predicted octanol–water partition coefficient (Wildman–Crippen LogP) is 6.70. The van der Waals surface area contributed by atoms with Crippen LogP contribution in [0.3, 0.4) is 0 Å². The van der Waals surface area contributed by atoms with Crippen LogP contribution in [0.25, 0.3) is 10.4 Å². The second-order valence-corrected chi connectivity index (χ2v) is 7.13. The molecule has 0 heterocycles. The molecule has 1 amide bonds. The molecule has 154 valence electrons. The minimum absolute atomic E-state index is 0.213. The number of hydrogen-bond acceptors (Lipinski definition) is 2. The first-order valence-electron chi connectivity index (χ1n) is 10.7. The minimum Gasteiger partial charge on any atom is -0.353 e. The lowest BCUT2D eigenvalue weighted by Crippen LogP contribution is -2.39. The predicted molar refractivity (Wildman–Crippen MR) is 118 cm³/mol. The summed E-state index contributed by atoms with van der Waals surface area (Å²) in [6.07, 6.45) is 29.6. The van der Waals surface area contributed by atoms with Gasteiger partial charge in [-0.15, -0.1) is 0 Å². The number of allylic oxidation sites excluding steroid dienone is 8. The molecule has 0 saturated heterocycles. The van der Waals surface area contributed by atoms with Crippen molar-refractivity contribution in [3.8, 4) is 0 Å². The van der Waals surface area contributed by atoms with Crippen LogP contribution < -0.4 is 5.32 Å². The van der Waals surface area contributed by atoms with Crippen molar-refractivity contribution < 1.29 is 4.79 Å². The van der Waals surface area contributed by atoms with Crippen LogP contribution in [-0.4, -0.2) is 18.5 Å². The van der Waals surface area contributed by atoms with Crippen molar-refractivity contribution in [2.75, 3.05) is 6.54 Å². The van der Waals surface area contributed by atoms with Crippen molar-refractivity contribution in [2.24, 2.45) is 5.11 Å². The van der Waals surface area contributed by atoms with Gasteiger partial charge in [0, 0.05) is 23.9 Å². The Morgan fingerprint density at radius 3 is 2.00 bits per heavy atom. The van der Waals surface area contributed by atoms with Crippen molar-refractivity contribution >= 4 is 5.91 Å². The van der Waals surface area contributed by atoms with E-state index in [1.165, 1.54) is 6.42 Å². The first kappa shape index (κ1) is 23.8. The summed E-state index contributed by atoms with van der Waals surface area (Å²) in [6.45, 7) is 0.600. The molecule has 5 nitrogen and oxygen atoms in total. The highest BCUT2D eigenvalue weighted by Gasteiger charge is 2.18. The molecule has 28 heavy (non-hydrogen) atoms. The highest BCUT2D eigenvalue weighted by atomic mass is 16.1. The van der Waals surface area contributed by atoms with E-state index in [0.29, 0.717) is 19.0 Å². The van der Waals surface area contributed by atoms with Gasteiger partial charge in [-0.3, -0.25) is 4.79 Å². The zero-order chi connectivity index (χ0) is 20.1. The van der Waals surface area contributed by atoms with Crippen molar-refractivity contribution in [1.82, 2.24) is 5.32 Å². The molecule has 0 atom stereocenters. The van der Waals surface area contributed by atoms with E-state index >= 15 is 0 Å². The van der Waals surface area contributed by atoms with E-state index in [1.54, 1.807) is 0 Å². The van der Waals surface area contributed by atoms with E-state index < -0.39 is 0 Å². The summed E-state index contributed by atoms with van der Waals surface area (Å²) in [4.78, 5) is 14.4. The Hall–Kier alpha value is -2.26. The molecule has 0 aromatic rings. The Bertz CT molecular complexity index is 567. The number of azide groups is 1. The summed E-state index contributed by atoms with van der Waals surface area (Å²) in [7, 11) is 0. The van der Waals surface area contributed by atoms with Gasteiger partial charge >= 0.3 is 0 Å². The van der Waals surface area contributed by atoms with Crippen LogP contribution in [0.1, 0.15) is 77.0 Å². The molecule has 0 aromatic heterocycles. The summed E-state index contributed by atoms with van der Waals surface area (Å²) in [5.74, 6) is 0.213. The molecule has 0 spiro atoms. The van der Waals surface area contributed by atoms with Gasteiger partial charge < -0.3 is 5.32 Å². The highest BCUT2D eigenvalue weighted by Crippen LogP contribution is 2.18. The number of carbonyl (C=O) groups excluding carboxylic acids is 1. The molecule has 1 fully saturated rings. The molecule has 1 N–H and O–H groups in total. The van der Waals surface area contributed by atoms with E-state index in [0.717, 1.165) is 64.2 Å². The Kier molecular flexibility index (Phi) is 15.4. The second-order valence-electron chi connectivity index (χ2n) is 7.13. The van der Waals surface area contributed by atoms with E-state index in [1.807, 2.05) is 0 Å². The molecule has 1 saturated carbocycles. The normalized spacial score (nSPS) is 14.9. The zero-order valence-electron chi connectivity index (χ0n) is 17.1. The van der Waals surface area contributed by atoms with Crippen LogP contribution in [0.4, 0.5) is 0 Å². The summed E-state index contributed by atoms with van der Waals surface area (Å²) >= 11 is 0. The van der Waals surface area contributed by atoms with Crippen LogP contribution >= 0.6 is 0 Å². The highest BCUT2D eigenvalue weighted by molar-refractivity contribution is 5.76. The molecule has 0 aliphatic heterocycles. The Labute approximate surface area is 170 Å². The maximum atomic E-state index is 11.7. The lowest BCUT2D eigenvalue weighted by Gasteiger charge is -2.26.